The third kappa shape index (κ3) is 1.56. The maximum Gasteiger partial charge on any atom is 0.180 e. The zero-order chi connectivity index (χ0) is 9.97. The molecule has 0 aliphatic heterocycles. The van der Waals surface area contributed by atoms with Crippen molar-refractivity contribution in [1.82, 2.24) is 4.98 Å². The lowest BCUT2D eigenvalue weighted by Gasteiger charge is -2.04. The Morgan fingerprint density at radius 2 is 2.14 bits per heavy atom. The van der Waals surface area contributed by atoms with Crippen LogP contribution in [-0.4, -0.2) is 12.1 Å². The number of hydrogen-bond acceptors (Lipinski definition) is 4. The molecule has 0 amide bonds. The summed E-state index contributed by atoms with van der Waals surface area (Å²) in [7, 11) is 1.66. The standard InChI is InChI=1S/C10H10N2OS/c1-13-8-5-3-2-4-7(8)9-6-12-10(11)14-9/h2-6H,1H3,(H2,11,12). The van der Waals surface area contributed by atoms with Gasteiger partial charge in [-0.15, -0.1) is 0 Å². The molecular formula is C10H10N2OS. The first-order valence-electron chi connectivity index (χ1n) is 4.16. The highest BCUT2D eigenvalue weighted by atomic mass is 32.1. The van der Waals surface area contributed by atoms with Crippen LogP contribution in [0.1, 0.15) is 0 Å². The summed E-state index contributed by atoms with van der Waals surface area (Å²) in [6, 6.07) is 7.82. The molecule has 0 aliphatic carbocycles. The van der Waals surface area contributed by atoms with Gasteiger partial charge in [-0.2, -0.15) is 0 Å². The molecule has 4 heteroatoms. The molecule has 0 spiro atoms. The van der Waals surface area contributed by atoms with Crippen molar-refractivity contribution in [2.24, 2.45) is 0 Å². The van der Waals surface area contributed by atoms with E-state index in [0.717, 1.165) is 16.2 Å². The highest BCUT2D eigenvalue weighted by Crippen LogP contribution is 2.33. The van der Waals surface area contributed by atoms with Gasteiger partial charge in [-0.05, 0) is 12.1 Å². The SMILES string of the molecule is COc1ccccc1-c1cnc(N)s1. The predicted octanol–water partition coefficient (Wildman–Crippen LogP) is 2.40. The smallest absolute Gasteiger partial charge is 0.180 e. The summed E-state index contributed by atoms with van der Waals surface area (Å²) >= 11 is 1.46. The van der Waals surface area contributed by atoms with Crippen molar-refractivity contribution < 1.29 is 4.74 Å². The minimum atomic E-state index is 0.575. The molecule has 0 radical (unpaired) electrons. The Kier molecular flexibility index (Phi) is 2.37. The summed E-state index contributed by atoms with van der Waals surface area (Å²) in [6.45, 7) is 0. The van der Waals surface area contributed by atoms with Crippen LogP contribution in [-0.2, 0) is 0 Å². The van der Waals surface area contributed by atoms with Crippen molar-refractivity contribution in [2.45, 2.75) is 0 Å². The molecule has 0 saturated carbocycles. The van der Waals surface area contributed by atoms with Gasteiger partial charge in [-0.25, -0.2) is 4.98 Å². The van der Waals surface area contributed by atoms with Gasteiger partial charge in [-0.3, -0.25) is 0 Å². The van der Waals surface area contributed by atoms with Gasteiger partial charge in [0.1, 0.15) is 5.75 Å². The number of thiazole rings is 1. The zero-order valence-corrected chi connectivity index (χ0v) is 8.54. The fraction of sp³-hybridized carbons (Fsp3) is 0.100. The fourth-order valence-electron chi connectivity index (χ4n) is 1.26. The highest BCUT2D eigenvalue weighted by Gasteiger charge is 2.07. The Morgan fingerprint density at radius 1 is 1.36 bits per heavy atom. The van der Waals surface area contributed by atoms with Crippen molar-refractivity contribution in [3.8, 4) is 16.2 Å². The maximum absolute atomic E-state index is 5.57. The van der Waals surface area contributed by atoms with Gasteiger partial charge < -0.3 is 10.5 Å². The number of nitrogens with two attached hydrogens (primary N) is 1. The van der Waals surface area contributed by atoms with Gasteiger partial charge in [0.05, 0.1) is 12.0 Å². The van der Waals surface area contributed by atoms with E-state index in [1.807, 2.05) is 24.3 Å². The molecule has 3 nitrogen and oxygen atoms in total. The summed E-state index contributed by atoms with van der Waals surface area (Å²) in [5.41, 5.74) is 6.61. The van der Waals surface area contributed by atoms with E-state index >= 15 is 0 Å². The Bertz CT molecular complexity index is 439. The number of methoxy groups -OCH3 is 1. The summed E-state index contributed by atoms with van der Waals surface area (Å²) in [5.74, 6) is 0.844. The van der Waals surface area contributed by atoms with Crippen LogP contribution < -0.4 is 10.5 Å². The first kappa shape index (κ1) is 9.02. The van der Waals surface area contributed by atoms with Crippen LogP contribution in [0.4, 0.5) is 5.13 Å². The van der Waals surface area contributed by atoms with E-state index in [0.29, 0.717) is 5.13 Å². The van der Waals surface area contributed by atoms with Crippen molar-refractivity contribution in [1.29, 1.82) is 0 Å². The van der Waals surface area contributed by atoms with Gasteiger partial charge >= 0.3 is 0 Å². The number of ether oxygens (including phenoxy) is 1. The van der Waals surface area contributed by atoms with Gasteiger partial charge in [0.25, 0.3) is 0 Å². The molecule has 0 saturated heterocycles. The zero-order valence-electron chi connectivity index (χ0n) is 7.73. The number of hydrogen-bond donors (Lipinski definition) is 1. The van der Waals surface area contributed by atoms with Crippen LogP contribution in [0.15, 0.2) is 30.5 Å². The van der Waals surface area contributed by atoms with E-state index in [-0.39, 0.29) is 0 Å². The summed E-state index contributed by atoms with van der Waals surface area (Å²) in [4.78, 5) is 5.04. The first-order valence-corrected chi connectivity index (χ1v) is 4.97. The van der Waals surface area contributed by atoms with E-state index in [2.05, 4.69) is 4.98 Å². The van der Waals surface area contributed by atoms with Crippen molar-refractivity contribution in [3.63, 3.8) is 0 Å². The Labute approximate surface area is 86.2 Å². The lowest BCUT2D eigenvalue weighted by atomic mass is 10.2. The van der Waals surface area contributed by atoms with Gasteiger partial charge in [0, 0.05) is 11.8 Å². The second-order valence-electron chi connectivity index (χ2n) is 2.76. The number of aromatic nitrogens is 1. The molecule has 0 unspecified atom stereocenters. The number of benzene rings is 1. The van der Waals surface area contributed by atoms with Crippen LogP contribution in [0.25, 0.3) is 10.4 Å². The molecule has 1 aromatic carbocycles. The van der Waals surface area contributed by atoms with Gasteiger partial charge in [-0.1, -0.05) is 23.5 Å². The highest BCUT2D eigenvalue weighted by molar-refractivity contribution is 7.18. The van der Waals surface area contributed by atoms with Crippen molar-refractivity contribution >= 4 is 16.5 Å². The quantitative estimate of drug-likeness (QED) is 0.820. The van der Waals surface area contributed by atoms with Crippen LogP contribution in [0.2, 0.25) is 0 Å². The lowest BCUT2D eigenvalue weighted by Crippen LogP contribution is -1.84. The molecule has 14 heavy (non-hydrogen) atoms. The molecular weight excluding hydrogens is 196 g/mol. The van der Waals surface area contributed by atoms with Crippen LogP contribution in [0.3, 0.4) is 0 Å². The van der Waals surface area contributed by atoms with E-state index in [9.17, 15) is 0 Å². The van der Waals surface area contributed by atoms with Crippen molar-refractivity contribution in [3.05, 3.63) is 30.5 Å². The summed E-state index contributed by atoms with van der Waals surface area (Å²) < 4.78 is 5.25. The Balaban J connectivity index is 2.50. The average molecular weight is 206 g/mol. The fourth-order valence-corrected chi connectivity index (χ4v) is 1.98. The second-order valence-corrected chi connectivity index (χ2v) is 3.83. The molecule has 0 aliphatic rings. The van der Waals surface area contributed by atoms with Gasteiger partial charge in [0.15, 0.2) is 5.13 Å². The summed E-state index contributed by atoms with van der Waals surface area (Å²) in [5, 5.41) is 0.575. The minimum absolute atomic E-state index is 0.575. The first-order chi connectivity index (χ1) is 6.81. The number of anilines is 1. The molecule has 0 bridgehead atoms. The Hall–Kier alpha value is -1.55. The van der Waals surface area contributed by atoms with Gasteiger partial charge in [0.2, 0.25) is 0 Å². The third-order valence-electron chi connectivity index (χ3n) is 1.90. The lowest BCUT2D eigenvalue weighted by molar-refractivity contribution is 0.416. The van der Waals surface area contributed by atoms with Crippen LogP contribution >= 0.6 is 11.3 Å². The average Bonchev–Trinajstić information content (AvgIpc) is 2.65. The topological polar surface area (TPSA) is 48.1 Å². The van der Waals surface area contributed by atoms with Crippen molar-refractivity contribution in [2.75, 3.05) is 12.8 Å². The molecule has 2 N–H and O–H groups in total. The molecule has 0 fully saturated rings. The van der Waals surface area contributed by atoms with E-state index in [1.165, 1.54) is 11.3 Å². The number of nitrogen functional groups attached to an aromatic ring is 1. The number of rotatable bonds is 2. The van der Waals surface area contributed by atoms with Crippen LogP contribution in [0, 0.1) is 0 Å². The molecule has 2 aromatic rings. The second kappa shape index (κ2) is 3.67. The molecule has 72 valence electrons. The molecule has 1 aromatic heterocycles. The van der Waals surface area contributed by atoms with E-state index < -0.39 is 0 Å². The largest absolute Gasteiger partial charge is 0.496 e. The maximum atomic E-state index is 5.57. The van der Waals surface area contributed by atoms with Crippen LogP contribution in [0.5, 0.6) is 5.75 Å². The van der Waals surface area contributed by atoms with E-state index in [4.69, 9.17) is 10.5 Å². The summed E-state index contributed by atoms with van der Waals surface area (Å²) in [6.07, 6.45) is 1.76. The number of para-hydroxylation sites is 1. The monoisotopic (exact) mass is 206 g/mol. The number of nitrogens with zero attached hydrogens (tertiary/aromatic N) is 1. The minimum Gasteiger partial charge on any atom is -0.496 e. The molecule has 0 atom stereocenters. The molecule has 1 heterocycles. The predicted molar refractivity (Wildman–Crippen MR) is 58.5 cm³/mol. The third-order valence-corrected chi connectivity index (χ3v) is 2.76. The van der Waals surface area contributed by atoms with E-state index in [1.54, 1.807) is 13.3 Å². The normalized spacial score (nSPS) is 10.1. The Morgan fingerprint density at radius 3 is 2.79 bits per heavy atom. The molecule has 2 rings (SSSR count).